The fraction of sp³-hybridized carbons (Fsp3) is 0.250. The predicted octanol–water partition coefficient (Wildman–Crippen LogP) is 4.49. The zero-order valence-corrected chi connectivity index (χ0v) is 18.3. The molecule has 0 aliphatic carbocycles. The number of anilines is 1. The monoisotopic (exact) mass is 415 g/mol. The first kappa shape index (κ1) is 20.5. The van der Waals surface area contributed by atoms with E-state index in [9.17, 15) is 4.79 Å². The minimum absolute atomic E-state index is 0.126. The highest BCUT2D eigenvalue weighted by Gasteiger charge is 2.19. The number of methoxy groups -OCH3 is 1. The van der Waals surface area contributed by atoms with Gasteiger partial charge in [0.1, 0.15) is 11.6 Å². The van der Waals surface area contributed by atoms with Crippen LogP contribution < -0.4 is 10.1 Å². The molecule has 2 aromatic heterocycles. The van der Waals surface area contributed by atoms with Crippen molar-refractivity contribution >= 4 is 22.5 Å². The second kappa shape index (κ2) is 8.18. The van der Waals surface area contributed by atoms with Crippen molar-refractivity contribution in [2.75, 3.05) is 12.4 Å². The lowest BCUT2D eigenvalue weighted by atomic mass is 9.97. The molecule has 0 saturated heterocycles. The van der Waals surface area contributed by atoms with Crippen molar-refractivity contribution in [3.05, 3.63) is 71.2 Å². The van der Waals surface area contributed by atoms with Crippen molar-refractivity contribution in [1.29, 1.82) is 0 Å². The number of rotatable bonds is 5. The van der Waals surface area contributed by atoms with Gasteiger partial charge in [-0.2, -0.15) is 9.78 Å². The van der Waals surface area contributed by atoms with Gasteiger partial charge >= 0.3 is 0 Å². The van der Waals surface area contributed by atoms with E-state index in [-0.39, 0.29) is 11.8 Å². The number of benzene rings is 2. The van der Waals surface area contributed by atoms with E-state index in [1.54, 1.807) is 11.8 Å². The van der Waals surface area contributed by atoms with Crippen LogP contribution in [0.3, 0.4) is 0 Å². The number of aromatic nitrogens is 4. The van der Waals surface area contributed by atoms with Crippen LogP contribution in [-0.4, -0.2) is 32.8 Å². The molecule has 7 nitrogen and oxygen atoms in total. The maximum absolute atomic E-state index is 13.1. The number of fused-ring (bicyclic) bond motifs is 1. The predicted molar refractivity (Wildman–Crippen MR) is 121 cm³/mol. The molecule has 4 rings (SSSR count). The number of aryl methyl sites for hydroxylation is 3. The normalized spacial score (nSPS) is 12.0. The molecule has 0 unspecified atom stereocenters. The third kappa shape index (κ3) is 4.26. The van der Waals surface area contributed by atoms with Crippen LogP contribution in [0.25, 0.3) is 16.7 Å². The van der Waals surface area contributed by atoms with Gasteiger partial charge in [0.2, 0.25) is 5.91 Å². The second-order valence-corrected chi connectivity index (χ2v) is 7.72. The Morgan fingerprint density at radius 1 is 0.935 bits per heavy atom. The third-order valence-electron chi connectivity index (χ3n) is 5.21. The van der Waals surface area contributed by atoms with Crippen molar-refractivity contribution in [2.45, 2.75) is 33.6 Å². The number of carbonyl (C=O) groups excluding carboxylic acids is 1. The first-order valence-electron chi connectivity index (χ1n) is 10.1. The molecule has 1 atom stereocenters. The standard InChI is InChI=1S/C24H25N5O2/c1-14-10-15(2)26-24(25-14)29-22(11-16(3)28-29)27-23(30)17(4)18-6-7-20-13-21(31-5)9-8-19(20)12-18/h6-13,17H,1-5H3,(H,27,30)/t17-/m0/s1. The Morgan fingerprint density at radius 3 is 2.32 bits per heavy atom. The SMILES string of the molecule is COc1ccc2cc([C@H](C)C(=O)Nc3cc(C)nn3-c3nc(C)cc(C)n3)ccc2c1. The third-order valence-corrected chi connectivity index (χ3v) is 5.21. The molecule has 1 N–H and O–H groups in total. The molecule has 31 heavy (non-hydrogen) atoms. The van der Waals surface area contributed by atoms with Gasteiger partial charge in [0.15, 0.2) is 0 Å². The molecule has 0 bridgehead atoms. The molecule has 158 valence electrons. The Balaban J connectivity index is 1.60. The number of ether oxygens (including phenoxy) is 1. The van der Waals surface area contributed by atoms with Crippen LogP contribution >= 0.6 is 0 Å². The van der Waals surface area contributed by atoms with Crippen LogP contribution in [0.1, 0.15) is 35.5 Å². The van der Waals surface area contributed by atoms with E-state index in [1.807, 2.05) is 76.2 Å². The molecule has 2 heterocycles. The first-order valence-corrected chi connectivity index (χ1v) is 10.1. The van der Waals surface area contributed by atoms with Gasteiger partial charge in [-0.1, -0.05) is 24.3 Å². The van der Waals surface area contributed by atoms with Crippen LogP contribution in [0.4, 0.5) is 5.82 Å². The fourth-order valence-electron chi connectivity index (χ4n) is 3.57. The van der Waals surface area contributed by atoms with Gasteiger partial charge in [-0.15, -0.1) is 0 Å². The number of hydrogen-bond acceptors (Lipinski definition) is 5. The van der Waals surface area contributed by atoms with Crippen LogP contribution in [0.15, 0.2) is 48.5 Å². The van der Waals surface area contributed by atoms with E-state index < -0.39 is 0 Å². The summed E-state index contributed by atoms with van der Waals surface area (Å²) in [6.45, 7) is 7.57. The van der Waals surface area contributed by atoms with Gasteiger partial charge in [-0.05, 0) is 62.2 Å². The van der Waals surface area contributed by atoms with Crippen molar-refractivity contribution < 1.29 is 9.53 Å². The molecule has 4 aromatic rings. The molecule has 0 saturated carbocycles. The molecule has 0 aliphatic heterocycles. The van der Waals surface area contributed by atoms with Crippen LogP contribution in [0.2, 0.25) is 0 Å². The van der Waals surface area contributed by atoms with Crippen LogP contribution in [0.5, 0.6) is 5.75 Å². The van der Waals surface area contributed by atoms with Gasteiger partial charge in [0.05, 0.1) is 18.7 Å². The van der Waals surface area contributed by atoms with E-state index in [1.165, 1.54) is 0 Å². The van der Waals surface area contributed by atoms with E-state index in [0.29, 0.717) is 11.8 Å². The summed E-state index contributed by atoms with van der Waals surface area (Å²) >= 11 is 0. The van der Waals surface area contributed by atoms with Gasteiger partial charge in [0, 0.05) is 17.5 Å². The van der Waals surface area contributed by atoms with Gasteiger partial charge in [-0.25, -0.2) is 9.97 Å². The van der Waals surface area contributed by atoms with E-state index in [0.717, 1.165) is 39.2 Å². The average molecular weight is 415 g/mol. The number of amides is 1. The first-order chi connectivity index (χ1) is 14.8. The lowest BCUT2D eigenvalue weighted by Crippen LogP contribution is -2.21. The highest BCUT2D eigenvalue weighted by molar-refractivity contribution is 5.96. The maximum atomic E-state index is 13.1. The van der Waals surface area contributed by atoms with Crippen LogP contribution in [0, 0.1) is 20.8 Å². The van der Waals surface area contributed by atoms with E-state index in [4.69, 9.17) is 4.74 Å². The zero-order chi connectivity index (χ0) is 22.1. The summed E-state index contributed by atoms with van der Waals surface area (Å²) in [5.41, 5.74) is 3.38. The van der Waals surface area contributed by atoms with Crippen molar-refractivity contribution in [3.8, 4) is 11.7 Å². The largest absolute Gasteiger partial charge is 0.497 e. The number of hydrogen-bond donors (Lipinski definition) is 1. The number of nitrogens with zero attached hydrogens (tertiary/aromatic N) is 4. The summed E-state index contributed by atoms with van der Waals surface area (Å²) in [6.07, 6.45) is 0. The summed E-state index contributed by atoms with van der Waals surface area (Å²) in [5, 5.41) is 9.59. The maximum Gasteiger partial charge on any atom is 0.252 e. The lowest BCUT2D eigenvalue weighted by molar-refractivity contribution is -0.117. The van der Waals surface area contributed by atoms with Crippen molar-refractivity contribution in [3.63, 3.8) is 0 Å². The van der Waals surface area contributed by atoms with Gasteiger partial charge < -0.3 is 10.1 Å². The Labute approximate surface area is 181 Å². The summed E-state index contributed by atoms with van der Waals surface area (Å²) < 4.78 is 6.86. The lowest BCUT2D eigenvalue weighted by Gasteiger charge is -2.14. The zero-order valence-electron chi connectivity index (χ0n) is 18.3. The smallest absolute Gasteiger partial charge is 0.252 e. The Hall–Kier alpha value is -3.74. The van der Waals surface area contributed by atoms with Crippen LogP contribution in [-0.2, 0) is 4.79 Å². The summed E-state index contributed by atoms with van der Waals surface area (Å²) in [6, 6.07) is 15.6. The topological polar surface area (TPSA) is 81.9 Å². The van der Waals surface area contributed by atoms with Crippen molar-refractivity contribution in [1.82, 2.24) is 19.7 Å². The highest BCUT2D eigenvalue weighted by Crippen LogP contribution is 2.26. The Kier molecular flexibility index (Phi) is 5.42. The van der Waals surface area contributed by atoms with E-state index >= 15 is 0 Å². The number of nitrogens with one attached hydrogen (secondary N) is 1. The van der Waals surface area contributed by atoms with E-state index in [2.05, 4.69) is 20.4 Å². The quantitative estimate of drug-likeness (QED) is 0.519. The average Bonchev–Trinajstić information content (AvgIpc) is 3.11. The Morgan fingerprint density at radius 2 is 1.61 bits per heavy atom. The molecule has 2 aromatic carbocycles. The highest BCUT2D eigenvalue weighted by atomic mass is 16.5. The Bertz CT molecular complexity index is 1260. The molecule has 0 spiro atoms. The fourth-order valence-corrected chi connectivity index (χ4v) is 3.57. The molecule has 0 aliphatic rings. The minimum Gasteiger partial charge on any atom is -0.497 e. The molecule has 7 heteroatoms. The minimum atomic E-state index is -0.352. The molecule has 0 fully saturated rings. The molecular formula is C24H25N5O2. The van der Waals surface area contributed by atoms with Crippen molar-refractivity contribution in [2.24, 2.45) is 0 Å². The molecular weight excluding hydrogens is 390 g/mol. The second-order valence-electron chi connectivity index (χ2n) is 7.72. The summed E-state index contributed by atoms with van der Waals surface area (Å²) in [7, 11) is 1.65. The summed E-state index contributed by atoms with van der Waals surface area (Å²) in [4.78, 5) is 22.0. The number of carbonyl (C=O) groups is 1. The van der Waals surface area contributed by atoms with Gasteiger partial charge in [0.25, 0.3) is 5.95 Å². The van der Waals surface area contributed by atoms with Gasteiger partial charge in [-0.3, -0.25) is 4.79 Å². The summed E-state index contributed by atoms with van der Waals surface area (Å²) in [5.74, 6) is 1.31. The molecule has 0 radical (unpaired) electrons. The molecule has 1 amide bonds.